The Labute approximate surface area is 145 Å². The predicted molar refractivity (Wildman–Crippen MR) is 95.6 cm³/mol. The van der Waals surface area contributed by atoms with E-state index in [2.05, 4.69) is 19.2 Å². The lowest BCUT2D eigenvalue weighted by atomic mass is 9.88. The van der Waals surface area contributed by atoms with Crippen molar-refractivity contribution in [3.63, 3.8) is 0 Å². The molecule has 0 fully saturated rings. The molecular formula is C17H29ClN2O3. The highest BCUT2D eigenvalue weighted by molar-refractivity contribution is 5.85. The molecule has 0 spiro atoms. The van der Waals surface area contributed by atoms with Gasteiger partial charge in [-0.15, -0.1) is 12.4 Å². The van der Waals surface area contributed by atoms with Gasteiger partial charge < -0.3 is 20.5 Å². The number of halogens is 1. The molecule has 0 saturated carbocycles. The Hall–Kier alpha value is -1.46. The van der Waals surface area contributed by atoms with Crippen LogP contribution < -0.4 is 20.5 Å². The normalized spacial score (nSPS) is 13.0. The van der Waals surface area contributed by atoms with Gasteiger partial charge in [0.2, 0.25) is 5.91 Å². The zero-order chi connectivity index (χ0) is 16.8. The van der Waals surface area contributed by atoms with Crippen molar-refractivity contribution < 1.29 is 14.3 Å². The van der Waals surface area contributed by atoms with E-state index in [1.807, 2.05) is 25.1 Å². The summed E-state index contributed by atoms with van der Waals surface area (Å²) >= 11 is 0. The average Bonchev–Trinajstić information content (AvgIpc) is 2.52. The van der Waals surface area contributed by atoms with Gasteiger partial charge in [-0.2, -0.15) is 0 Å². The van der Waals surface area contributed by atoms with Crippen LogP contribution >= 0.6 is 12.4 Å². The van der Waals surface area contributed by atoms with E-state index in [-0.39, 0.29) is 29.8 Å². The standard InChI is InChI=1S/C17H28N2O3.ClH/c1-12(2)17(3,11-18)19-16(20)9-7-13-6-8-14(21-4)15(10-13)22-5;/h6,8,10,12H,7,9,11,18H2,1-5H3,(H,19,20);1H. The molecule has 1 aromatic rings. The fourth-order valence-corrected chi connectivity index (χ4v) is 2.11. The van der Waals surface area contributed by atoms with Crippen LogP contribution in [-0.2, 0) is 11.2 Å². The topological polar surface area (TPSA) is 73.6 Å². The maximum absolute atomic E-state index is 12.2. The maximum Gasteiger partial charge on any atom is 0.220 e. The molecule has 0 aromatic heterocycles. The Morgan fingerprint density at radius 3 is 2.35 bits per heavy atom. The van der Waals surface area contributed by atoms with Gasteiger partial charge in [0.1, 0.15) is 0 Å². The minimum Gasteiger partial charge on any atom is -0.493 e. The number of hydrogen-bond acceptors (Lipinski definition) is 4. The summed E-state index contributed by atoms with van der Waals surface area (Å²) in [5.41, 5.74) is 6.46. The first-order valence-corrected chi connectivity index (χ1v) is 7.58. The van der Waals surface area contributed by atoms with Crippen LogP contribution in [0.5, 0.6) is 11.5 Å². The van der Waals surface area contributed by atoms with Crippen molar-refractivity contribution in [2.24, 2.45) is 11.7 Å². The summed E-state index contributed by atoms with van der Waals surface area (Å²) in [5, 5.41) is 3.04. The zero-order valence-electron chi connectivity index (χ0n) is 14.6. The van der Waals surface area contributed by atoms with Crippen LogP contribution in [0.15, 0.2) is 18.2 Å². The maximum atomic E-state index is 12.2. The Morgan fingerprint density at radius 2 is 1.87 bits per heavy atom. The first-order chi connectivity index (χ1) is 10.4. The van der Waals surface area contributed by atoms with E-state index < -0.39 is 0 Å². The number of rotatable bonds is 8. The third-order valence-corrected chi connectivity index (χ3v) is 4.21. The van der Waals surface area contributed by atoms with E-state index in [1.54, 1.807) is 14.2 Å². The molecule has 3 N–H and O–H groups in total. The molecule has 23 heavy (non-hydrogen) atoms. The van der Waals surface area contributed by atoms with Crippen LogP contribution in [-0.4, -0.2) is 32.2 Å². The Bertz CT molecular complexity index is 509. The Kier molecular flexibility index (Phi) is 9.02. The lowest BCUT2D eigenvalue weighted by Gasteiger charge is -2.33. The SMILES string of the molecule is COc1ccc(CCC(=O)NC(C)(CN)C(C)C)cc1OC.Cl. The fraction of sp³-hybridized carbons (Fsp3) is 0.588. The van der Waals surface area contributed by atoms with Gasteiger partial charge in [-0.25, -0.2) is 0 Å². The lowest BCUT2D eigenvalue weighted by molar-refractivity contribution is -0.123. The predicted octanol–water partition coefficient (Wildman–Crippen LogP) is 2.55. The van der Waals surface area contributed by atoms with Crippen molar-refractivity contribution >= 4 is 18.3 Å². The first-order valence-electron chi connectivity index (χ1n) is 7.58. The van der Waals surface area contributed by atoms with E-state index in [0.29, 0.717) is 30.9 Å². The molecule has 0 saturated heterocycles. The molecule has 1 amide bonds. The van der Waals surface area contributed by atoms with Crippen molar-refractivity contribution in [3.05, 3.63) is 23.8 Å². The molecule has 0 aliphatic carbocycles. The molecule has 132 valence electrons. The van der Waals surface area contributed by atoms with Gasteiger partial charge in [0.25, 0.3) is 0 Å². The number of hydrogen-bond donors (Lipinski definition) is 2. The third-order valence-electron chi connectivity index (χ3n) is 4.21. The van der Waals surface area contributed by atoms with E-state index >= 15 is 0 Å². The number of methoxy groups -OCH3 is 2. The summed E-state index contributed by atoms with van der Waals surface area (Å²) in [7, 11) is 3.20. The number of carbonyl (C=O) groups excluding carboxylic acids is 1. The smallest absolute Gasteiger partial charge is 0.220 e. The highest BCUT2D eigenvalue weighted by Crippen LogP contribution is 2.28. The second-order valence-corrected chi connectivity index (χ2v) is 6.01. The molecule has 1 rings (SSSR count). The lowest BCUT2D eigenvalue weighted by Crippen LogP contribution is -2.55. The molecule has 0 heterocycles. The van der Waals surface area contributed by atoms with Gasteiger partial charge in [0.05, 0.1) is 19.8 Å². The number of carbonyl (C=O) groups is 1. The number of ether oxygens (including phenoxy) is 2. The molecule has 6 heteroatoms. The third kappa shape index (κ3) is 5.92. The zero-order valence-corrected chi connectivity index (χ0v) is 15.5. The number of nitrogens with one attached hydrogen (secondary N) is 1. The van der Waals surface area contributed by atoms with E-state index in [9.17, 15) is 4.79 Å². The summed E-state index contributed by atoms with van der Waals surface area (Å²) in [6.07, 6.45) is 1.06. The number of nitrogens with two attached hydrogens (primary N) is 1. The summed E-state index contributed by atoms with van der Waals surface area (Å²) < 4.78 is 10.5. The highest BCUT2D eigenvalue weighted by Gasteiger charge is 2.28. The fourth-order valence-electron chi connectivity index (χ4n) is 2.11. The largest absolute Gasteiger partial charge is 0.493 e. The second kappa shape index (κ2) is 9.63. The molecule has 0 radical (unpaired) electrons. The Balaban J connectivity index is 0.00000484. The number of aryl methyl sites for hydroxylation is 1. The van der Waals surface area contributed by atoms with Crippen LogP contribution in [0.1, 0.15) is 32.8 Å². The minimum absolute atomic E-state index is 0. The van der Waals surface area contributed by atoms with Crippen LogP contribution in [0.2, 0.25) is 0 Å². The summed E-state index contributed by atoms with van der Waals surface area (Å²) in [6.45, 7) is 6.52. The number of benzene rings is 1. The molecular weight excluding hydrogens is 316 g/mol. The minimum atomic E-state index is -0.366. The molecule has 1 atom stereocenters. The van der Waals surface area contributed by atoms with E-state index in [0.717, 1.165) is 5.56 Å². The molecule has 5 nitrogen and oxygen atoms in total. The van der Waals surface area contributed by atoms with E-state index in [4.69, 9.17) is 15.2 Å². The van der Waals surface area contributed by atoms with Gasteiger partial charge >= 0.3 is 0 Å². The summed E-state index contributed by atoms with van der Waals surface area (Å²) in [6, 6.07) is 5.69. The quantitative estimate of drug-likeness (QED) is 0.760. The molecule has 1 unspecified atom stereocenters. The summed E-state index contributed by atoms with van der Waals surface area (Å²) in [5.74, 6) is 1.65. The highest BCUT2D eigenvalue weighted by atomic mass is 35.5. The van der Waals surface area contributed by atoms with Crippen LogP contribution in [0.4, 0.5) is 0 Å². The average molecular weight is 345 g/mol. The monoisotopic (exact) mass is 344 g/mol. The van der Waals surface area contributed by atoms with Crippen LogP contribution in [0.3, 0.4) is 0 Å². The van der Waals surface area contributed by atoms with Crippen molar-refractivity contribution in [2.45, 2.75) is 39.2 Å². The van der Waals surface area contributed by atoms with Gasteiger partial charge in [-0.3, -0.25) is 4.79 Å². The number of amides is 1. The van der Waals surface area contributed by atoms with Gasteiger partial charge in [-0.05, 0) is 37.0 Å². The van der Waals surface area contributed by atoms with Gasteiger partial charge in [0.15, 0.2) is 11.5 Å². The van der Waals surface area contributed by atoms with Crippen molar-refractivity contribution in [1.82, 2.24) is 5.32 Å². The van der Waals surface area contributed by atoms with Crippen LogP contribution in [0, 0.1) is 5.92 Å². The van der Waals surface area contributed by atoms with E-state index in [1.165, 1.54) is 0 Å². The molecule has 1 aromatic carbocycles. The van der Waals surface area contributed by atoms with Crippen molar-refractivity contribution in [1.29, 1.82) is 0 Å². The molecule has 0 bridgehead atoms. The van der Waals surface area contributed by atoms with Crippen molar-refractivity contribution in [3.8, 4) is 11.5 Å². The molecule has 0 aliphatic rings. The first kappa shape index (κ1) is 21.5. The van der Waals surface area contributed by atoms with Crippen molar-refractivity contribution in [2.75, 3.05) is 20.8 Å². The second-order valence-electron chi connectivity index (χ2n) is 6.01. The molecule has 0 aliphatic heterocycles. The summed E-state index contributed by atoms with van der Waals surface area (Å²) in [4.78, 5) is 12.2. The van der Waals surface area contributed by atoms with Gasteiger partial charge in [0, 0.05) is 13.0 Å². The Morgan fingerprint density at radius 1 is 1.26 bits per heavy atom. The van der Waals surface area contributed by atoms with Gasteiger partial charge in [-0.1, -0.05) is 19.9 Å². The van der Waals surface area contributed by atoms with Crippen LogP contribution in [0.25, 0.3) is 0 Å².